The molecule has 2 aliphatic rings. The zero-order valence-corrected chi connectivity index (χ0v) is 9.72. The number of hydrogen-bond acceptors (Lipinski definition) is 0. The Kier molecular flexibility index (Phi) is 2.80. The van der Waals surface area contributed by atoms with Crippen LogP contribution in [0.25, 0.3) is 0 Å². The lowest BCUT2D eigenvalue weighted by Gasteiger charge is -2.28. The maximum Gasteiger partial charge on any atom is -0.00418 e. The predicted octanol–water partition coefficient (Wildman–Crippen LogP) is 4.34. The minimum atomic E-state index is 0.766. The average Bonchev–Trinajstić information content (AvgIpc) is 2.48. The van der Waals surface area contributed by atoms with Crippen molar-refractivity contribution in [2.45, 2.75) is 46.5 Å². The van der Waals surface area contributed by atoms with Gasteiger partial charge in [-0.15, -0.1) is 0 Å². The van der Waals surface area contributed by atoms with Gasteiger partial charge in [0.25, 0.3) is 0 Å². The Morgan fingerprint density at radius 1 is 1.07 bits per heavy atom. The highest BCUT2D eigenvalue weighted by atomic mass is 14.3. The summed E-state index contributed by atoms with van der Waals surface area (Å²) in [5.41, 5.74) is 3.35. The van der Waals surface area contributed by atoms with Crippen molar-refractivity contribution in [3.63, 3.8) is 0 Å². The van der Waals surface area contributed by atoms with Crippen molar-refractivity contribution in [2.24, 2.45) is 17.8 Å². The van der Waals surface area contributed by atoms with Crippen LogP contribution in [0, 0.1) is 17.8 Å². The molecule has 0 nitrogen and oxygen atoms in total. The lowest BCUT2D eigenvalue weighted by Crippen LogP contribution is -2.15. The molecular weight excluding hydrogens is 168 g/mol. The normalized spacial score (nSPS) is 36.4. The second-order valence-corrected chi connectivity index (χ2v) is 5.20. The Bertz CT molecular complexity index is 244. The summed E-state index contributed by atoms with van der Waals surface area (Å²) in [4.78, 5) is 0. The summed E-state index contributed by atoms with van der Waals surface area (Å²) in [6, 6.07) is 0. The van der Waals surface area contributed by atoms with Crippen LogP contribution in [0.3, 0.4) is 0 Å². The summed E-state index contributed by atoms with van der Waals surface area (Å²) in [7, 11) is 0. The molecule has 0 aromatic rings. The Labute approximate surface area is 88.1 Å². The molecule has 78 valence electrons. The Balaban J connectivity index is 2.10. The second-order valence-electron chi connectivity index (χ2n) is 5.20. The third-order valence-electron chi connectivity index (χ3n) is 3.92. The molecule has 2 unspecified atom stereocenters. The summed E-state index contributed by atoms with van der Waals surface area (Å²) in [5, 5.41) is 0. The Morgan fingerprint density at radius 3 is 2.00 bits per heavy atom. The van der Waals surface area contributed by atoms with Crippen LogP contribution >= 0.6 is 0 Å². The predicted molar refractivity (Wildman–Crippen MR) is 62.1 cm³/mol. The van der Waals surface area contributed by atoms with Crippen molar-refractivity contribution in [1.82, 2.24) is 0 Å². The molecule has 0 heteroatoms. The summed E-state index contributed by atoms with van der Waals surface area (Å²) in [5.74, 6) is 2.54. The van der Waals surface area contributed by atoms with Crippen LogP contribution in [0.5, 0.6) is 0 Å². The van der Waals surface area contributed by atoms with E-state index in [9.17, 15) is 0 Å². The highest BCUT2D eigenvalue weighted by Gasteiger charge is 2.27. The molecule has 1 fully saturated rings. The molecule has 2 aliphatic carbocycles. The van der Waals surface area contributed by atoms with Gasteiger partial charge in [0.1, 0.15) is 0 Å². The molecular formula is C14H22. The molecule has 0 N–H and O–H groups in total. The number of allylic oxidation sites excluding steroid dienone is 4. The zero-order valence-electron chi connectivity index (χ0n) is 9.72. The molecule has 0 heterocycles. The van der Waals surface area contributed by atoms with Crippen molar-refractivity contribution in [1.29, 1.82) is 0 Å². The highest BCUT2D eigenvalue weighted by molar-refractivity contribution is 5.41. The van der Waals surface area contributed by atoms with E-state index in [1.54, 1.807) is 11.1 Å². The van der Waals surface area contributed by atoms with E-state index >= 15 is 0 Å². The molecule has 0 aliphatic heterocycles. The van der Waals surface area contributed by atoms with Gasteiger partial charge in [-0.25, -0.2) is 0 Å². The lowest BCUT2D eigenvalue weighted by molar-refractivity contribution is 0.360. The maximum atomic E-state index is 2.53. The van der Waals surface area contributed by atoms with Gasteiger partial charge in [-0.1, -0.05) is 39.3 Å². The Hall–Kier alpha value is -0.520. The van der Waals surface area contributed by atoms with Crippen molar-refractivity contribution >= 4 is 0 Å². The van der Waals surface area contributed by atoms with Crippen molar-refractivity contribution < 1.29 is 0 Å². The lowest BCUT2D eigenvalue weighted by atomic mass is 9.77. The topological polar surface area (TPSA) is 0 Å². The minimum absolute atomic E-state index is 0.766. The largest absolute Gasteiger partial charge is 0.0741 e. The van der Waals surface area contributed by atoms with Gasteiger partial charge in [-0.05, 0) is 48.2 Å². The third-order valence-corrected chi connectivity index (χ3v) is 3.92. The molecule has 2 atom stereocenters. The monoisotopic (exact) mass is 190 g/mol. The number of rotatable bonds is 2. The fourth-order valence-corrected chi connectivity index (χ4v) is 2.77. The molecule has 14 heavy (non-hydrogen) atoms. The van der Waals surface area contributed by atoms with E-state index in [0.29, 0.717) is 0 Å². The molecule has 0 saturated heterocycles. The van der Waals surface area contributed by atoms with Crippen LogP contribution in [-0.4, -0.2) is 0 Å². The highest BCUT2D eigenvalue weighted by Crippen LogP contribution is 2.41. The van der Waals surface area contributed by atoms with Gasteiger partial charge in [-0.3, -0.25) is 0 Å². The number of fused-ring (bicyclic) bond motifs is 1. The fourth-order valence-electron chi connectivity index (χ4n) is 2.77. The molecule has 0 amide bonds. The SMILES string of the molecule is CCCC1C=C2CC(C)C(C)CC2=C1. The average molecular weight is 190 g/mol. The van der Waals surface area contributed by atoms with Gasteiger partial charge in [0.05, 0.1) is 0 Å². The van der Waals surface area contributed by atoms with E-state index < -0.39 is 0 Å². The standard InChI is InChI=1S/C14H22/c1-4-5-12-8-13-6-10(2)11(3)7-14(13)9-12/h8-12H,4-7H2,1-3H3. The molecule has 2 rings (SSSR count). The maximum absolute atomic E-state index is 2.53. The van der Waals surface area contributed by atoms with Crippen molar-refractivity contribution in [3.8, 4) is 0 Å². The minimum Gasteiger partial charge on any atom is -0.0741 e. The van der Waals surface area contributed by atoms with Crippen LogP contribution in [-0.2, 0) is 0 Å². The number of hydrogen-bond donors (Lipinski definition) is 0. The van der Waals surface area contributed by atoms with Gasteiger partial charge in [-0.2, -0.15) is 0 Å². The zero-order chi connectivity index (χ0) is 10.1. The van der Waals surface area contributed by atoms with E-state index in [0.717, 1.165) is 17.8 Å². The molecule has 0 spiro atoms. The quantitative estimate of drug-likeness (QED) is 0.608. The van der Waals surface area contributed by atoms with Crippen LogP contribution in [0.1, 0.15) is 46.5 Å². The molecule has 1 saturated carbocycles. The summed E-state index contributed by atoms with van der Waals surface area (Å²) in [6.07, 6.45) is 10.4. The smallest absolute Gasteiger partial charge is 0.00418 e. The van der Waals surface area contributed by atoms with Gasteiger partial charge < -0.3 is 0 Å². The van der Waals surface area contributed by atoms with Gasteiger partial charge in [0.15, 0.2) is 0 Å². The van der Waals surface area contributed by atoms with Gasteiger partial charge in [0.2, 0.25) is 0 Å². The van der Waals surface area contributed by atoms with Crippen molar-refractivity contribution in [3.05, 3.63) is 23.3 Å². The molecule has 0 bridgehead atoms. The molecule has 0 aromatic carbocycles. The summed E-state index contributed by atoms with van der Waals surface area (Å²) >= 11 is 0. The van der Waals surface area contributed by atoms with E-state index in [2.05, 4.69) is 32.9 Å². The molecule has 0 aromatic heterocycles. The van der Waals surface area contributed by atoms with Crippen LogP contribution in [0.2, 0.25) is 0 Å². The van der Waals surface area contributed by atoms with Gasteiger partial charge >= 0.3 is 0 Å². The second kappa shape index (κ2) is 3.92. The van der Waals surface area contributed by atoms with Crippen LogP contribution < -0.4 is 0 Å². The third kappa shape index (κ3) is 1.80. The summed E-state index contributed by atoms with van der Waals surface area (Å²) in [6.45, 7) is 7.08. The Morgan fingerprint density at radius 2 is 1.57 bits per heavy atom. The first-order valence-electron chi connectivity index (χ1n) is 6.12. The first-order chi connectivity index (χ1) is 6.70. The van der Waals surface area contributed by atoms with E-state index in [4.69, 9.17) is 0 Å². The van der Waals surface area contributed by atoms with Gasteiger partial charge in [0, 0.05) is 0 Å². The van der Waals surface area contributed by atoms with E-state index in [1.165, 1.54) is 25.7 Å². The van der Waals surface area contributed by atoms with Crippen LogP contribution in [0.15, 0.2) is 23.3 Å². The van der Waals surface area contributed by atoms with E-state index in [1.807, 2.05) is 0 Å². The first kappa shape index (κ1) is 10.0. The summed E-state index contributed by atoms with van der Waals surface area (Å²) < 4.78 is 0. The molecule has 0 radical (unpaired) electrons. The van der Waals surface area contributed by atoms with Crippen molar-refractivity contribution in [2.75, 3.05) is 0 Å². The first-order valence-corrected chi connectivity index (χ1v) is 6.12. The van der Waals surface area contributed by atoms with E-state index in [-0.39, 0.29) is 0 Å². The van der Waals surface area contributed by atoms with Crippen LogP contribution in [0.4, 0.5) is 0 Å². The fraction of sp³-hybridized carbons (Fsp3) is 0.714.